The Morgan fingerprint density at radius 1 is 1.10 bits per heavy atom. The van der Waals surface area contributed by atoms with Crippen molar-refractivity contribution >= 4 is 28.7 Å². The van der Waals surface area contributed by atoms with Gasteiger partial charge in [0.25, 0.3) is 0 Å². The van der Waals surface area contributed by atoms with Crippen molar-refractivity contribution in [3.8, 4) is 0 Å². The lowest BCUT2D eigenvalue weighted by molar-refractivity contribution is 0.0697. The molecule has 0 spiro atoms. The number of fused-ring (bicyclic) bond motifs is 1. The van der Waals surface area contributed by atoms with E-state index in [0.29, 0.717) is 17.9 Å². The van der Waals surface area contributed by atoms with Crippen LogP contribution in [0.15, 0.2) is 42.5 Å². The van der Waals surface area contributed by atoms with Crippen molar-refractivity contribution in [1.82, 2.24) is 0 Å². The molecule has 3 rings (SSSR count). The third kappa shape index (κ3) is 2.16. The van der Waals surface area contributed by atoms with Crippen molar-refractivity contribution in [2.45, 2.75) is 0 Å². The molecule has 0 radical (unpaired) electrons. The van der Waals surface area contributed by atoms with Gasteiger partial charge in [0, 0.05) is 20.1 Å². The maximum Gasteiger partial charge on any atom is 0.337 e. The molecule has 1 aliphatic heterocycles. The summed E-state index contributed by atoms with van der Waals surface area (Å²) in [7, 11) is 2.03. The second kappa shape index (κ2) is 5.01. The van der Waals surface area contributed by atoms with Crippen molar-refractivity contribution in [3.63, 3.8) is 0 Å². The molecule has 0 aromatic heterocycles. The quantitative estimate of drug-likeness (QED) is 0.829. The van der Waals surface area contributed by atoms with Crippen molar-refractivity contribution in [1.29, 1.82) is 0 Å². The first kappa shape index (κ1) is 13.3. The SMILES string of the molecule is CN1CCN(c2c(N)cccc2C(=O)O)c2ccccc21. The smallest absolute Gasteiger partial charge is 0.337 e. The van der Waals surface area contributed by atoms with Gasteiger partial charge in [-0.3, -0.25) is 0 Å². The van der Waals surface area contributed by atoms with E-state index in [1.54, 1.807) is 18.2 Å². The molecule has 5 heteroatoms. The van der Waals surface area contributed by atoms with Gasteiger partial charge < -0.3 is 20.6 Å². The number of hydrogen-bond donors (Lipinski definition) is 2. The highest BCUT2D eigenvalue weighted by molar-refractivity contribution is 6.00. The number of carboxylic acids is 1. The van der Waals surface area contributed by atoms with Gasteiger partial charge in [0.05, 0.1) is 28.3 Å². The number of benzene rings is 2. The molecule has 1 aliphatic rings. The molecule has 2 aromatic carbocycles. The van der Waals surface area contributed by atoms with E-state index in [-0.39, 0.29) is 5.56 Å². The molecule has 0 bridgehead atoms. The van der Waals surface area contributed by atoms with Crippen LogP contribution in [-0.2, 0) is 0 Å². The van der Waals surface area contributed by atoms with Gasteiger partial charge in [-0.2, -0.15) is 0 Å². The van der Waals surface area contributed by atoms with Crippen molar-refractivity contribution in [2.24, 2.45) is 0 Å². The molecule has 0 saturated heterocycles. The monoisotopic (exact) mass is 283 g/mol. The number of rotatable bonds is 2. The largest absolute Gasteiger partial charge is 0.478 e. The van der Waals surface area contributed by atoms with Gasteiger partial charge in [0.1, 0.15) is 0 Å². The maximum atomic E-state index is 11.5. The number of para-hydroxylation sites is 3. The lowest BCUT2D eigenvalue weighted by Gasteiger charge is -2.38. The van der Waals surface area contributed by atoms with E-state index in [4.69, 9.17) is 5.73 Å². The summed E-state index contributed by atoms with van der Waals surface area (Å²) < 4.78 is 0. The molecule has 0 amide bonds. The third-order valence-corrected chi connectivity index (χ3v) is 3.81. The standard InChI is InChI=1S/C16H17N3O2/c1-18-9-10-19(14-8-3-2-7-13(14)18)15-11(16(20)21)5-4-6-12(15)17/h2-8H,9-10,17H2,1H3,(H,20,21). The van der Waals surface area contributed by atoms with E-state index in [9.17, 15) is 9.90 Å². The number of anilines is 4. The lowest BCUT2D eigenvalue weighted by Crippen LogP contribution is -2.37. The Kier molecular flexibility index (Phi) is 3.17. The normalized spacial score (nSPS) is 14.0. The molecule has 108 valence electrons. The topological polar surface area (TPSA) is 69.8 Å². The summed E-state index contributed by atoms with van der Waals surface area (Å²) in [6.45, 7) is 1.51. The highest BCUT2D eigenvalue weighted by Crippen LogP contribution is 2.40. The van der Waals surface area contributed by atoms with Crippen molar-refractivity contribution < 1.29 is 9.90 Å². The Morgan fingerprint density at radius 3 is 2.52 bits per heavy atom. The Balaban J connectivity index is 2.19. The number of hydrogen-bond acceptors (Lipinski definition) is 4. The second-order valence-corrected chi connectivity index (χ2v) is 5.11. The number of carbonyl (C=O) groups is 1. The molecular formula is C16H17N3O2. The fourth-order valence-electron chi connectivity index (χ4n) is 2.77. The highest BCUT2D eigenvalue weighted by Gasteiger charge is 2.26. The molecule has 1 heterocycles. The van der Waals surface area contributed by atoms with Crippen LogP contribution in [0, 0.1) is 0 Å². The molecular weight excluding hydrogens is 266 g/mol. The number of nitrogen functional groups attached to an aromatic ring is 1. The Bertz CT molecular complexity index is 700. The third-order valence-electron chi connectivity index (χ3n) is 3.81. The van der Waals surface area contributed by atoms with E-state index in [1.165, 1.54) is 0 Å². The van der Waals surface area contributed by atoms with E-state index in [0.717, 1.165) is 17.9 Å². The summed E-state index contributed by atoms with van der Waals surface area (Å²) in [4.78, 5) is 15.7. The van der Waals surface area contributed by atoms with Crippen LogP contribution in [0.2, 0.25) is 0 Å². The summed E-state index contributed by atoms with van der Waals surface area (Å²) in [6, 6.07) is 12.9. The molecule has 21 heavy (non-hydrogen) atoms. The minimum Gasteiger partial charge on any atom is -0.478 e. The molecule has 0 atom stereocenters. The van der Waals surface area contributed by atoms with Crippen molar-refractivity contribution in [3.05, 3.63) is 48.0 Å². The number of aromatic carboxylic acids is 1. The molecule has 3 N–H and O–H groups in total. The first-order valence-electron chi connectivity index (χ1n) is 6.79. The fourth-order valence-corrected chi connectivity index (χ4v) is 2.77. The molecule has 0 fully saturated rings. The zero-order chi connectivity index (χ0) is 15.0. The molecule has 0 unspecified atom stereocenters. The van der Waals surface area contributed by atoms with Gasteiger partial charge in [0.15, 0.2) is 0 Å². The zero-order valence-electron chi connectivity index (χ0n) is 11.8. The fraction of sp³-hybridized carbons (Fsp3) is 0.188. The van der Waals surface area contributed by atoms with E-state index < -0.39 is 5.97 Å². The van der Waals surface area contributed by atoms with Crippen LogP contribution in [0.25, 0.3) is 0 Å². The summed E-state index contributed by atoms with van der Waals surface area (Å²) in [5.74, 6) is -0.964. The number of nitrogens with zero attached hydrogens (tertiary/aromatic N) is 2. The van der Waals surface area contributed by atoms with Crippen LogP contribution in [-0.4, -0.2) is 31.2 Å². The Morgan fingerprint density at radius 2 is 1.81 bits per heavy atom. The number of likely N-dealkylation sites (N-methyl/N-ethyl adjacent to an activating group) is 1. The number of carboxylic acid groups (broad SMARTS) is 1. The van der Waals surface area contributed by atoms with Crippen molar-refractivity contribution in [2.75, 3.05) is 35.7 Å². The first-order chi connectivity index (χ1) is 10.1. The van der Waals surface area contributed by atoms with Gasteiger partial charge in [0.2, 0.25) is 0 Å². The molecule has 5 nitrogen and oxygen atoms in total. The summed E-state index contributed by atoms with van der Waals surface area (Å²) in [5, 5.41) is 9.43. The summed E-state index contributed by atoms with van der Waals surface area (Å²) >= 11 is 0. The van der Waals surface area contributed by atoms with Crippen LogP contribution < -0.4 is 15.5 Å². The average molecular weight is 283 g/mol. The average Bonchev–Trinajstić information content (AvgIpc) is 2.48. The minimum absolute atomic E-state index is 0.231. The van der Waals surface area contributed by atoms with E-state index >= 15 is 0 Å². The van der Waals surface area contributed by atoms with E-state index in [2.05, 4.69) is 4.90 Å². The summed E-state index contributed by atoms with van der Waals surface area (Å²) in [5.41, 5.74) is 9.40. The predicted octanol–water partition coefficient (Wildman–Crippen LogP) is 2.55. The van der Waals surface area contributed by atoms with Gasteiger partial charge in [-0.1, -0.05) is 18.2 Å². The van der Waals surface area contributed by atoms with Crippen LogP contribution >= 0.6 is 0 Å². The maximum absolute atomic E-state index is 11.5. The predicted molar refractivity (Wildman–Crippen MR) is 84.5 cm³/mol. The number of nitrogens with two attached hydrogens (primary N) is 1. The van der Waals surface area contributed by atoms with Crippen LogP contribution in [0.4, 0.5) is 22.7 Å². The molecule has 2 aromatic rings. The first-order valence-corrected chi connectivity index (χ1v) is 6.79. The zero-order valence-corrected chi connectivity index (χ0v) is 11.8. The molecule has 0 aliphatic carbocycles. The van der Waals surface area contributed by atoms with Gasteiger partial charge >= 0.3 is 5.97 Å². The van der Waals surface area contributed by atoms with E-state index in [1.807, 2.05) is 36.2 Å². The molecule has 0 saturated carbocycles. The Labute approximate surface area is 123 Å². The highest BCUT2D eigenvalue weighted by atomic mass is 16.4. The van der Waals surface area contributed by atoms with Gasteiger partial charge in [-0.25, -0.2) is 4.79 Å². The Hall–Kier alpha value is -2.69. The van der Waals surface area contributed by atoms with Gasteiger partial charge in [-0.15, -0.1) is 0 Å². The summed E-state index contributed by atoms with van der Waals surface area (Å²) in [6.07, 6.45) is 0. The lowest BCUT2D eigenvalue weighted by atomic mass is 10.1. The van der Waals surface area contributed by atoms with Crippen LogP contribution in [0.3, 0.4) is 0 Å². The minimum atomic E-state index is -0.964. The van der Waals surface area contributed by atoms with Crippen LogP contribution in [0.1, 0.15) is 10.4 Å². The van der Waals surface area contributed by atoms with Gasteiger partial charge in [-0.05, 0) is 24.3 Å². The van der Waals surface area contributed by atoms with Crippen LogP contribution in [0.5, 0.6) is 0 Å². The second-order valence-electron chi connectivity index (χ2n) is 5.11.